The van der Waals surface area contributed by atoms with E-state index in [0.29, 0.717) is 57.4 Å². The van der Waals surface area contributed by atoms with Gasteiger partial charge in [0.2, 0.25) is 11.8 Å². The quantitative estimate of drug-likeness (QED) is 0.581. The van der Waals surface area contributed by atoms with Crippen LogP contribution in [0.15, 0.2) is 36.5 Å². The van der Waals surface area contributed by atoms with Gasteiger partial charge in [0.1, 0.15) is 17.6 Å². The Labute approximate surface area is 234 Å². The van der Waals surface area contributed by atoms with E-state index in [9.17, 15) is 19.1 Å². The van der Waals surface area contributed by atoms with Crippen molar-refractivity contribution in [2.45, 2.75) is 51.4 Å². The van der Waals surface area contributed by atoms with Gasteiger partial charge in [-0.2, -0.15) is 0 Å². The second-order valence-corrected chi connectivity index (χ2v) is 11.2. The third-order valence-corrected chi connectivity index (χ3v) is 8.04. The summed E-state index contributed by atoms with van der Waals surface area (Å²) < 4.78 is 24.9. The number of anilines is 1. The fraction of sp³-hybridized carbons (Fsp3) is 0.552. The molecule has 0 saturated carbocycles. The van der Waals surface area contributed by atoms with Crippen LogP contribution in [0.5, 0.6) is 5.88 Å². The standard InChI is InChI=1S/C29H38FN5O5/c1-19-13-33(25(16-34(19)29(37)38)15-32-8-9-39-18-20(32)2)17-27(36)35-14-21(3)40-28-26(35)11-23(12-31-28)10-22-4-6-24(30)7-5-22/h4-7,11-12,19-21,25H,8-10,13-18H2,1-3H3,(H,37,38). The Morgan fingerprint density at radius 2 is 1.82 bits per heavy atom. The fourth-order valence-electron chi connectivity index (χ4n) is 5.83. The number of carbonyl (C=O) groups is 2. The van der Waals surface area contributed by atoms with Gasteiger partial charge in [0.15, 0.2) is 0 Å². The first-order valence-electron chi connectivity index (χ1n) is 13.9. The molecular weight excluding hydrogens is 517 g/mol. The topological polar surface area (TPSA) is 98.7 Å². The van der Waals surface area contributed by atoms with E-state index < -0.39 is 6.09 Å². The summed E-state index contributed by atoms with van der Waals surface area (Å²) in [6, 6.07) is 8.13. The molecule has 40 heavy (non-hydrogen) atoms. The summed E-state index contributed by atoms with van der Waals surface area (Å²) in [5.41, 5.74) is 2.46. The molecular formula is C29H38FN5O5. The Morgan fingerprint density at radius 1 is 1.05 bits per heavy atom. The highest BCUT2D eigenvalue weighted by Crippen LogP contribution is 2.33. The number of ether oxygens (including phenoxy) is 2. The molecule has 216 valence electrons. The Morgan fingerprint density at radius 3 is 2.55 bits per heavy atom. The highest BCUT2D eigenvalue weighted by molar-refractivity contribution is 5.96. The van der Waals surface area contributed by atoms with Crippen LogP contribution < -0.4 is 9.64 Å². The number of hydrogen-bond acceptors (Lipinski definition) is 7. The number of benzene rings is 1. The lowest BCUT2D eigenvalue weighted by Gasteiger charge is -2.47. The van der Waals surface area contributed by atoms with E-state index >= 15 is 0 Å². The lowest BCUT2D eigenvalue weighted by molar-refractivity contribution is -0.122. The molecule has 0 bridgehead atoms. The number of rotatable bonds is 6. The predicted octanol–water partition coefficient (Wildman–Crippen LogP) is 2.70. The number of halogens is 1. The molecule has 1 aromatic carbocycles. The van der Waals surface area contributed by atoms with E-state index in [-0.39, 0.29) is 42.5 Å². The van der Waals surface area contributed by atoms with Crippen molar-refractivity contribution in [3.8, 4) is 5.88 Å². The summed E-state index contributed by atoms with van der Waals surface area (Å²) in [6.45, 7) is 9.99. The number of nitrogens with zero attached hydrogens (tertiary/aromatic N) is 5. The van der Waals surface area contributed by atoms with Crippen LogP contribution in [0.1, 0.15) is 31.9 Å². The zero-order valence-corrected chi connectivity index (χ0v) is 23.3. The SMILES string of the molecule is CC1CN(C(=O)CN2CC(C)N(C(=O)O)CC2CN2CCOCC2C)c2cc(Cc3ccc(F)cc3)cnc2O1. The zero-order chi connectivity index (χ0) is 28.4. The third-order valence-electron chi connectivity index (χ3n) is 8.04. The molecule has 11 heteroatoms. The maximum absolute atomic E-state index is 13.9. The highest BCUT2D eigenvalue weighted by Gasteiger charge is 2.38. The molecule has 2 amide bonds. The van der Waals surface area contributed by atoms with Crippen molar-refractivity contribution in [1.29, 1.82) is 0 Å². The molecule has 1 N–H and O–H groups in total. The van der Waals surface area contributed by atoms with Crippen molar-refractivity contribution in [3.63, 3.8) is 0 Å². The van der Waals surface area contributed by atoms with Crippen LogP contribution in [-0.2, 0) is 16.0 Å². The molecule has 4 atom stereocenters. The van der Waals surface area contributed by atoms with E-state index in [1.807, 2.05) is 19.9 Å². The molecule has 3 aliphatic heterocycles. The summed E-state index contributed by atoms with van der Waals surface area (Å²) in [6.07, 6.45) is 1.12. The van der Waals surface area contributed by atoms with Crippen LogP contribution in [0.3, 0.4) is 0 Å². The zero-order valence-electron chi connectivity index (χ0n) is 23.3. The number of fused-ring (bicyclic) bond motifs is 1. The van der Waals surface area contributed by atoms with Crippen molar-refractivity contribution in [3.05, 3.63) is 53.5 Å². The first-order valence-corrected chi connectivity index (χ1v) is 13.9. The molecule has 4 unspecified atom stereocenters. The average Bonchev–Trinajstić information content (AvgIpc) is 2.92. The molecule has 3 aliphatic rings. The smallest absolute Gasteiger partial charge is 0.407 e. The van der Waals surface area contributed by atoms with Gasteiger partial charge < -0.3 is 24.4 Å². The maximum Gasteiger partial charge on any atom is 0.407 e. The minimum Gasteiger partial charge on any atom is -0.471 e. The molecule has 10 nitrogen and oxygen atoms in total. The maximum atomic E-state index is 13.9. The van der Waals surface area contributed by atoms with Crippen LogP contribution in [-0.4, -0.2) is 114 Å². The van der Waals surface area contributed by atoms with Gasteiger partial charge in [-0.25, -0.2) is 14.2 Å². The monoisotopic (exact) mass is 555 g/mol. The van der Waals surface area contributed by atoms with Gasteiger partial charge in [-0.1, -0.05) is 12.1 Å². The molecule has 2 saturated heterocycles. The second-order valence-electron chi connectivity index (χ2n) is 11.2. The number of morpholine rings is 1. The van der Waals surface area contributed by atoms with Crippen molar-refractivity contribution >= 4 is 17.7 Å². The molecule has 5 rings (SSSR count). The number of hydrogen-bond donors (Lipinski definition) is 1. The number of pyridine rings is 1. The van der Waals surface area contributed by atoms with Gasteiger partial charge in [0.05, 0.1) is 26.3 Å². The first kappa shape index (κ1) is 28.3. The largest absolute Gasteiger partial charge is 0.471 e. The summed E-state index contributed by atoms with van der Waals surface area (Å²) in [5, 5.41) is 9.80. The van der Waals surface area contributed by atoms with Crippen molar-refractivity contribution in [1.82, 2.24) is 19.7 Å². The molecule has 4 heterocycles. The molecule has 0 radical (unpaired) electrons. The van der Waals surface area contributed by atoms with E-state index in [4.69, 9.17) is 9.47 Å². The molecule has 2 fully saturated rings. The summed E-state index contributed by atoms with van der Waals surface area (Å²) in [7, 11) is 0. The normalized spacial score (nSPS) is 25.8. The fourth-order valence-corrected chi connectivity index (χ4v) is 5.83. The van der Waals surface area contributed by atoms with Crippen molar-refractivity contribution in [2.75, 3.05) is 57.4 Å². The molecule has 2 aromatic rings. The number of piperazine rings is 1. The lowest BCUT2D eigenvalue weighted by atomic mass is 10.0. The van der Waals surface area contributed by atoms with Gasteiger partial charge in [-0.15, -0.1) is 0 Å². The van der Waals surface area contributed by atoms with E-state index in [2.05, 4.69) is 21.7 Å². The van der Waals surface area contributed by atoms with Crippen LogP contribution in [0.25, 0.3) is 0 Å². The Bertz CT molecular complexity index is 1210. The average molecular weight is 556 g/mol. The summed E-state index contributed by atoms with van der Waals surface area (Å²) in [4.78, 5) is 38.0. The van der Waals surface area contributed by atoms with Gasteiger partial charge in [0.25, 0.3) is 0 Å². The van der Waals surface area contributed by atoms with E-state index in [1.54, 1.807) is 23.2 Å². The van der Waals surface area contributed by atoms with Gasteiger partial charge >= 0.3 is 6.09 Å². The van der Waals surface area contributed by atoms with Gasteiger partial charge in [-0.3, -0.25) is 14.6 Å². The summed E-state index contributed by atoms with van der Waals surface area (Å²) >= 11 is 0. The Balaban J connectivity index is 1.35. The van der Waals surface area contributed by atoms with E-state index in [1.165, 1.54) is 17.0 Å². The van der Waals surface area contributed by atoms with Crippen LogP contribution in [0.4, 0.5) is 14.9 Å². The number of aromatic nitrogens is 1. The van der Waals surface area contributed by atoms with Crippen LogP contribution >= 0.6 is 0 Å². The Kier molecular flexibility index (Phi) is 8.53. The molecule has 0 aliphatic carbocycles. The highest BCUT2D eigenvalue weighted by atomic mass is 19.1. The number of amides is 2. The van der Waals surface area contributed by atoms with Crippen LogP contribution in [0.2, 0.25) is 0 Å². The number of carboxylic acid groups (broad SMARTS) is 1. The number of carbonyl (C=O) groups excluding carboxylic acids is 1. The minimum atomic E-state index is -0.936. The van der Waals surface area contributed by atoms with Gasteiger partial charge in [-0.05, 0) is 56.5 Å². The first-order chi connectivity index (χ1) is 19.2. The molecule has 0 spiro atoms. The van der Waals surface area contributed by atoms with E-state index in [0.717, 1.165) is 17.7 Å². The summed E-state index contributed by atoms with van der Waals surface area (Å²) in [5.74, 6) is 0.0530. The van der Waals surface area contributed by atoms with Crippen LogP contribution in [0, 0.1) is 5.82 Å². The second kappa shape index (κ2) is 12.1. The minimum absolute atomic E-state index is 0.0758. The van der Waals surface area contributed by atoms with Gasteiger partial charge in [0, 0.05) is 50.5 Å². The molecule has 1 aromatic heterocycles. The predicted molar refractivity (Wildman–Crippen MR) is 147 cm³/mol. The lowest BCUT2D eigenvalue weighted by Crippen LogP contribution is -2.64. The van der Waals surface area contributed by atoms with Crippen molar-refractivity contribution < 1.29 is 28.6 Å². The Hall–Kier alpha value is -3.28. The third kappa shape index (κ3) is 6.37. The van der Waals surface area contributed by atoms with Crippen molar-refractivity contribution in [2.24, 2.45) is 0 Å².